The second kappa shape index (κ2) is 6.31. The zero-order valence-electron chi connectivity index (χ0n) is 10.9. The summed E-state index contributed by atoms with van der Waals surface area (Å²) in [6, 6.07) is 8.19. The first-order valence-corrected chi connectivity index (χ1v) is 6.36. The Labute approximate surface area is 107 Å². The number of rotatable bonds is 6. The van der Waals surface area contributed by atoms with Crippen molar-refractivity contribution in [3.63, 3.8) is 0 Å². The number of ether oxygens (including phenoxy) is 1. The van der Waals surface area contributed by atoms with E-state index in [4.69, 9.17) is 4.74 Å². The SMILES string of the molecule is CCOCCCNc1nnc(C)c2ccccc12. The number of nitrogens with zero attached hydrogens (tertiary/aromatic N) is 2. The molecule has 1 N–H and O–H groups in total. The number of hydrogen-bond acceptors (Lipinski definition) is 4. The van der Waals surface area contributed by atoms with Gasteiger partial charge in [0.1, 0.15) is 0 Å². The molecule has 4 heteroatoms. The van der Waals surface area contributed by atoms with Crippen LogP contribution in [0.2, 0.25) is 0 Å². The number of aryl methyl sites for hydroxylation is 1. The lowest BCUT2D eigenvalue weighted by molar-refractivity contribution is 0.147. The minimum Gasteiger partial charge on any atom is -0.382 e. The van der Waals surface area contributed by atoms with Crippen molar-refractivity contribution >= 4 is 16.6 Å². The van der Waals surface area contributed by atoms with Crippen molar-refractivity contribution in [2.24, 2.45) is 0 Å². The first-order chi connectivity index (χ1) is 8.83. The maximum Gasteiger partial charge on any atom is 0.156 e. The average molecular weight is 245 g/mol. The van der Waals surface area contributed by atoms with Crippen molar-refractivity contribution in [3.8, 4) is 0 Å². The molecule has 2 aromatic rings. The summed E-state index contributed by atoms with van der Waals surface area (Å²) in [4.78, 5) is 0. The lowest BCUT2D eigenvalue weighted by Crippen LogP contribution is -2.08. The first kappa shape index (κ1) is 12.8. The third kappa shape index (κ3) is 2.96. The van der Waals surface area contributed by atoms with Gasteiger partial charge in [-0.2, -0.15) is 5.10 Å². The second-order valence-corrected chi connectivity index (χ2v) is 4.16. The lowest BCUT2D eigenvalue weighted by Gasteiger charge is -2.09. The molecule has 4 nitrogen and oxygen atoms in total. The summed E-state index contributed by atoms with van der Waals surface area (Å²) in [7, 11) is 0. The molecule has 1 aromatic heterocycles. The van der Waals surface area contributed by atoms with E-state index >= 15 is 0 Å². The van der Waals surface area contributed by atoms with E-state index < -0.39 is 0 Å². The van der Waals surface area contributed by atoms with Crippen LogP contribution in [0.4, 0.5) is 5.82 Å². The first-order valence-electron chi connectivity index (χ1n) is 6.36. The van der Waals surface area contributed by atoms with Crippen LogP contribution in [0.3, 0.4) is 0 Å². The summed E-state index contributed by atoms with van der Waals surface area (Å²) in [6.45, 7) is 6.39. The minimum absolute atomic E-state index is 0.771. The molecular weight excluding hydrogens is 226 g/mol. The fourth-order valence-corrected chi connectivity index (χ4v) is 1.89. The topological polar surface area (TPSA) is 47.0 Å². The van der Waals surface area contributed by atoms with Crippen LogP contribution in [0.25, 0.3) is 10.8 Å². The number of nitrogens with one attached hydrogen (secondary N) is 1. The standard InChI is InChI=1S/C14H19N3O/c1-3-18-10-6-9-15-14-13-8-5-4-7-12(13)11(2)16-17-14/h4-5,7-8H,3,6,9-10H2,1-2H3,(H,15,17). The normalized spacial score (nSPS) is 10.8. The van der Waals surface area contributed by atoms with Crippen LogP contribution in [0, 0.1) is 6.92 Å². The molecule has 1 heterocycles. The van der Waals surface area contributed by atoms with E-state index in [9.17, 15) is 0 Å². The highest BCUT2D eigenvalue weighted by Gasteiger charge is 2.04. The molecule has 0 saturated heterocycles. The van der Waals surface area contributed by atoms with Gasteiger partial charge in [0.2, 0.25) is 0 Å². The summed E-state index contributed by atoms with van der Waals surface area (Å²) in [5.41, 5.74) is 0.963. The number of hydrogen-bond donors (Lipinski definition) is 1. The van der Waals surface area contributed by atoms with Crippen molar-refractivity contribution in [1.29, 1.82) is 0 Å². The molecule has 0 bridgehead atoms. The van der Waals surface area contributed by atoms with Gasteiger partial charge in [0.05, 0.1) is 5.69 Å². The fraction of sp³-hybridized carbons (Fsp3) is 0.429. The third-order valence-corrected chi connectivity index (χ3v) is 2.83. The highest BCUT2D eigenvalue weighted by Crippen LogP contribution is 2.21. The summed E-state index contributed by atoms with van der Waals surface area (Å²) < 4.78 is 5.30. The monoisotopic (exact) mass is 245 g/mol. The molecule has 0 aliphatic heterocycles. The smallest absolute Gasteiger partial charge is 0.156 e. The Bertz CT molecular complexity index is 513. The molecule has 0 radical (unpaired) electrons. The van der Waals surface area contributed by atoms with E-state index in [1.807, 2.05) is 26.0 Å². The number of aromatic nitrogens is 2. The summed E-state index contributed by atoms with van der Waals surface area (Å²) >= 11 is 0. The Kier molecular flexibility index (Phi) is 4.47. The van der Waals surface area contributed by atoms with Gasteiger partial charge in [-0.25, -0.2) is 0 Å². The molecule has 0 aliphatic carbocycles. The molecule has 18 heavy (non-hydrogen) atoms. The van der Waals surface area contributed by atoms with Crippen LogP contribution < -0.4 is 5.32 Å². The Morgan fingerprint density at radius 2 is 1.94 bits per heavy atom. The highest BCUT2D eigenvalue weighted by molar-refractivity contribution is 5.92. The zero-order chi connectivity index (χ0) is 12.8. The molecule has 0 aliphatic rings. The Morgan fingerprint density at radius 1 is 1.17 bits per heavy atom. The fourth-order valence-electron chi connectivity index (χ4n) is 1.89. The van der Waals surface area contributed by atoms with Gasteiger partial charge in [-0.15, -0.1) is 5.10 Å². The largest absolute Gasteiger partial charge is 0.382 e. The van der Waals surface area contributed by atoms with Crippen molar-refractivity contribution in [2.75, 3.05) is 25.1 Å². The van der Waals surface area contributed by atoms with Gasteiger partial charge < -0.3 is 10.1 Å². The van der Waals surface area contributed by atoms with Gasteiger partial charge in [0, 0.05) is 30.5 Å². The van der Waals surface area contributed by atoms with Crippen LogP contribution in [-0.4, -0.2) is 30.0 Å². The number of anilines is 1. The molecule has 0 saturated carbocycles. The Morgan fingerprint density at radius 3 is 2.72 bits per heavy atom. The predicted octanol–water partition coefficient (Wildman–Crippen LogP) is 2.78. The summed E-state index contributed by atoms with van der Waals surface area (Å²) in [5.74, 6) is 0.854. The molecular formula is C14H19N3O. The quantitative estimate of drug-likeness (QED) is 0.795. The molecule has 0 spiro atoms. The van der Waals surface area contributed by atoms with E-state index in [2.05, 4.69) is 27.6 Å². The van der Waals surface area contributed by atoms with Crippen LogP contribution in [0.15, 0.2) is 24.3 Å². The van der Waals surface area contributed by atoms with Gasteiger partial charge in [0.15, 0.2) is 5.82 Å². The average Bonchev–Trinajstić information content (AvgIpc) is 2.41. The molecule has 0 fully saturated rings. The number of benzene rings is 1. The molecule has 2 rings (SSSR count). The van der Waals surface area contributed by atoms with E-state index in [-0.39, 0.29) is 0 Å². The van der Waals surface area contributed by atoms with Crippen molar-refractivity contribution < 1.29 is 4.74 Å². The minimum atomic E-state index is 0.771. The summed E-state index contributed by atoms with van der Waals surface area (Å²) in [5, 5.41) is 14.0. The van der Waals surface area contributed by atoms with Crippen molar-refractivity contribution in [1.82, 2.24) is 10.2 Å². The predicted molar refractivity (Wildman–Crippen MR) is 73.9 cm³/mol. The van der Waals surface area contributed by atoms with Gasteiger partial charge >= 0.3 is 0 Å². The van der Waals surface area contributed by atoms with Crippen LogP contribution >= 0.6 is 0 Å². The van der Waals surface area contributed by atoms with E-state index in [0.717, 1.165) is 48.5 Å². The molecule has 0 unspecified atom stereocenters. The van der Waals surface area contributed by atoms with Crippen molar-refractivity contribution in [2.45, 2.75) is 20.3 Å². The van der Waals surface area contributed by atoms with E-state index in [0.29, 0.717) is 0 Å². The molecule has 0 atom stereocenters. The zero-order valence-corrected chi connectivity index (χ0v) is 10.9. The maximum absolute atomic E-state index is 5.30. The molecule has 0 amide bonds. The highest BCUT2D eigenvalue weighted by atomic mass is 16.5. The van der Waals surface area contributed by atoms with Gasteiger partial charge in [0.25, 0.3) is 0 Å². The van der Waals surface area contributed by atoms with E-state index in [1.165, 1.54) is 0 Å². The molecule has 1 aromatic carbocycles. The van der Waals surface area contributed by atoms with Gasteiger partial charge in [-0.1, -0.05) is 24.3 Å². The Balaban J connectivity index is 2.07. The van der Waals surface area contributed by atoms with Crippen LogP contribution in [0.5, 0.6) is 0 Å². The maximum atomic E-state index is 5.30. The Hall–Kier alpha value is -1.68. The van der Waals surface area contributed by atoms with Gasteiger partial charge in [-0.05, 0) is 20.3 Å². The summed E-state index contributed by atoms with van der Waals surface area (Å²) in [6.07, 6.45) is 0.970. The third-order valence-electron chi connectivity index (χ3n) is 2.83. The van der Waals surface area contributed by atoms with Gasteiger partial charge in [-0.3, -0.25) is 0 Å². The second-order valence-electron chi connectivity index (χ2n) is 4.16. The van der Waals surface area contributed by atoms with Crippen LogP contribution in [0.1, 0.15) is 19.0 Å². The molecule has 96 valence electrons. The van der Waals surface area contributed by atoms with E-state index in [1.54, 1.807) is 0 Å². The van der Waals surface area contributed by atoms with Crippen molar-refractivity contribution in [3.05, 3.63) is 30.0 Å². The lowest BCUT2D eigenvalue weighted by atomic mass is 10.1. The van der Waals surface area contributed by atoms with Crippen LogP contribution in [-0.2, 0) is 4.74 Å². The number of fused-ring (bicyclic) bond motifs is 1.